The van der Waals surface area contributed by atoms with Gasteiger partial charge in [0, 0.05) is 37.1 Å². The van der Waals surface area contributed by atoms with Crippen molar-refractivity contribution in [2.24, 2.45) is 0 Å². The molecule has 0 saturated carbocycles. The number of benzene rings is 2. The molecule has 4 aromatic rings. The summed E-state index contributed by atoms with van der Waals surface area (Å²) in [5, 5.41) is 37.6. The third kappa shape index (κ3) is 18.6. The number of hydrogen-bond acceptors (Lipinski definition) is 5. The zero-order valence-corrected chi connectivity index (χ0v) is 47.2. The molecule has 0 amide bonds. The summed E-state index contributed by atoms with van der Waals surface area (Å²) in [6.45, 7) is 45.3. The monoisotopic (exact) mass is 1070 g/mol. The second-order valence-electron chi connectivity index (χ2n) is 23.1. The molecule has 2 atom stereocenters. The molecule has 11 heteroatoms. The molecule has 373 valence electrons. The first kappa shape index (κ1) is 63.0. The Hall–Kier alpha value is -2.06. The molecule has 0 unspecified atom stereocenters. The summed E-state index contributed by atoms with van der Waals surface area (Å²) in [5.74, 6) is 1.65. The number of H-pyrrole nitrogens is 1. The van der Waals surface area contributed by atoms with Crippen LogP contribution in [0.15, 0.2) is 73.1 Å². The fourth-order valence-corrected chi connectivity index (χ4v) is 8.43. The van der Waals surface area contributed by atoms with Crippen LogP contribution >= 0.6 is 0 Å². The Morgan fingerprint density at radius 1 is 0.627 bits per heavy atom. The number of aromatic amines is 1. The van der Waals surface area contributed by atoms with Crippen molar-refractivity contribution in [3.63, 3.8) is 0 Å². The number of pyridine rings is 2. The largest absolute Gasteiger partial charge is 3.00 e. The van der Waals surface area contributed by atoms with E-state index >= 15 is 0 Å². The van der Waals surface area contributed by atoms with Gasteiger partial charge in [0.15, 0.2) is 0 Å². The van der Waals surface area contributed by atoms with E-state index in [2.05, 4.69) is 178 Å². The van der Waals surface area contributed by atoms with Gasteiger partial charge in [0.2, 0.25) is 0 Å². The predicted molar refractivity (Wildman–Crippen MR) is 269 cm³/mol. The van der Waals surface area contributed by atoms with Gasteiger partial charge in [0.1, 0.15) is 18.1 Å². The summed E-state index contributed by atoms with van der Waals surface area (Å²) in [6, 6.07) is 21.1. The van der Waals surface area contributed by atoms with Gasteiger partial charge in [-0.3, -0.25) is 4.90 Å². The number of hydrogen-bond donors (Lipinski definition) is 1. The summed E-state index contributed by atoms with van der Waals surface area (Å²) in [4.78, 5) is 11.2. The summed E-state index contributed by atoms with van der Waals surface area (Å²) in [7, 11) is 0. The molecule has 2 aromatic heterocycles. The topological polar surface area (TPSA) is 118 Å². The summed E-state index contributed by atoms with van der Waals surface area (Å²) in [5.41, 5.74) is 4.99. The predicted octanol–water partition coefficient (Wildman–Crippen LogP) is 8.95. The maximum absolute atomic E-state index is 13.8. The number of aromatic nitrogens is 2. The Morgan fingerprint density at radius 2 is 1.09 bits per heavy atom. The molecule has 0 spiro atoms. The molecular formula is C56H88LiN6O3Yb+2. The average molecular weight is 1070 g/mol. The zero-order valence-electron chi connectivity index (χ0n) is 45.5. The van der Waals surface area contributed by atoms with Crippen LogP contribution in [-0.4, -0.2) is 47.3 Å². The fourth-order valence-electron chi connectivity index (χ4n) is 8.43. The van der Waals surface area contributed by atoms with Crippen molar-refractivity contribution >= 4 is 11.6 Å². The van der Waals surface area contributed by atoms with Gasteiger partial charge in [-0.1, -0.05) is 155 Å². The molecule has 2 N–H and O–H groups in total. The van der Waals surface area contributed by atoms with Crippen LogP contribution in [0.4, 0.5) is 11.6 Å². The first-order valence-electron chi connectivity index (χ1n) is 24.2. The van der Waals surface area contributed by atoms with E-state index in [0.717, 1.165) is 41.3 Å². The van der Waals surface area contributed by atoms with Crippen molar-refractivity contribution in [1.82, 2.24) is 9.88 Å². The van der Waals surface area contributed by atoms with Gasteiger partial charge >= 0.3 is 65.8 Å². The molecule has 1 aliphatic rings. The van der Waals surface area contributed by atoms with Crippen LogP contribution in [0, 0.1) is 46.9 Å². The van der Waals surface area contributed by atoms with Crippen molar-refractivity contribution in [3.05, 3.63) is 117 Å². The van der Waals surface area contributed by atoms with E-state index < -0.39 is 0 Å². The van der Waals surface area contributed by atoms with Crippen LogP contribution in [-0.2, 0) is 26.4 Å². The van der Waals surface area contributed by atoms with Crippen LogP contribution in [0.2, 0.25) is 0 Å². The van der Waals surface area contributed by atoms with E-state index in [0.29, 0.717) is 17.9 Å². The Morgan fingerprint density at radius 3 is 1.45 bits per heavy atom. The average Bonchev–Trinajstić information content (AvgIpc) is 3.77. The van der Waals surface area contributed by atoms with Crippen LogP contribution < -0.4 is 39.0 Å². The van der Waals surface area contributed by atoms with Gasteiger partial charge in [0.25, 0.3) is 0 Å². The van der Waals surface area contributed by atoms with Crippen molar-refractivity contribution in [3.8, 4) is 11.5 Å². The summed E-state index contributed by atoms with van der Waals surface area (Å²) < 4.78 is 4.94. The first-order chi connectivity index (χ1) is 30.0. The molecule has 1 saturated heterocycles. The Bertz CT molecular complexity index is 1880. The molecule has 67 heavy (non-hydrogen) atoms. The number of nitrogens with zero attached hydrogens (tertiary/aromatic N) is 4. The Labute approximate surface area is 459 Å². The van der Waals surface area contributed by atoms with Crippen LogP contribution in [0.5, 0.6) is 11.5 Å². The minimum absolute atomic E-state index is 0. The fraction of sp³-hybridized carbons (Fsp3) is 0.607. The van der Waals surface area contributed by atoms with E-state index in [1.54, 1.807) is 6.20 Å². The third-order valence-electron chi connectivity index (χ3n) is 12.0. The normalized spacial score (nSPS) is 14.2. The quantitative estimate of drug-likeness (QED) is 0.142. The van der Waals surface area contributed by atoms with Gasteiger partial charge in [0.05, 0.1) is 12.1 Å². The van der Waals surface area contributed by atoms with Crippen molar-refractivity contribution in [2.45, 2.75) is 209 Å². The third-order valence-corrected chi connectivity index (χ3v) is 12.0. The maximum Gasteiger partial charge on any atom is 3.00 e. The van der Waals surface area contributed by atoms with Gasteiger partial charge in [-0.2, -0.15) is 0 Å². The maximum atomic E-state index is 13.8. The Kier molecular flexibility index (Phi) is 25.3. The summed E-state index contributed by atoms with van der Waals surface area (Å²) >= 11 is 0. The molecule has 2 aromatic carbocycles. The first-order valence-corrected chi connectivity index (χ1v) is 24.2. The minimum atomic E-state index is -0.362. The van der Waals surface area contributed by atoms with E-state index in [9.17, 15) is 10.2 Å². The molecule has 1 radical (unpaired) electrons. The van der Waals surface area contributed by atoms with E-state index in [4.69, 9.17) is 15.4 Å². The molecule has 1 fully saturated rings. The second kappa shape index (κ2) is 27.0. The number of nitrogens with one attached hydrogen (secondary N) is 2. The molecule has 1 aliphatic heterocycles. The van der Waals surface area contributed by atoms with E-state index in [1.807, 2.05) is 42.6 Å². The second-order valence-corrected chi connectivity index (χ2v) is 23.1. The van der Waals surface area contributed by atoms with Crippen LogP contribution in [0.1, 0.15) is 197 Å². The minimum Gasteiger partial charge on any atom is -0.872 e. The molecule has 0 bridgehead atoms. The standard InChI is InChI=1S/2C26H40N3O.C4H8O.Li.Yb/c2*1-17(2)29(18(3)4)24(28-22-13-11-12-14-27-22)20-15-19(25(5,6)7)16-21(23(20)30)26(8,9)10;1-2-4-5-3-1;;/h2*11-18,24H,1-10H3,(H-,27,28,30);1-4H2;;/q2*-1;;+1;+3/t2*24-;;;/m00.../s1. The smallest absolute Gasteiger partial charge is 0.872 e. The van der Waals surface area contributed by atoms with Crippen molar-refractivity contribution in [2.75, 3.05) is 13.2 Å². The van der Waals surface area contributed by atoms with Gasteiger partial charge < -0.3 is 35.1 Å². The van der Waals surface area contributed by atoms with Crippen LogP contribution in [0.25, 0.3) is 10.6 Å². The number of rotatable bonds is 12. The molecule has 3 heterocycles. The van der Waals surface area contributed by atoms with Gasteiger partial charge in [-0.05, 0) is 130 Å². The van der Waals surface area contributed by atoms with Crippen LogP contribution in [0.3, 0.4) is 0 Å². The van der Waals surface area contributed by atoms with E-state index in [1.165, 1.54) is 28.9 Å². The molecule has 5 rings (SSSR count). The summed E-state index contributed by atoms with van der Waals surface area (Å²) in [6.07, 6.45) is 5.51. The van der Waals surface area contributed by atoms with E-state index in [-0.39, 0.29) is 123 Å². The number of quaternary nitrogens is 1. The van der Waals surface area contributed by atoms with Gasteiger partial charge in [-0.25, -0.2) is 5.32 Å². The van der Waals surface area contributed by atoms with Crippen molar-refractivity contribution in [1.29, 1.82) is 0 Å². The zero-order chi connectivity index (χ0) is 49.2. The molecular weight excluding hydrogens is 985 g/mol. The van der Waals surface area contributed by atoms with Crippen molar-refractivity contribution < 1.29 is 90.6 Å². The Balaban J connectivity index is 0.000000588. The molecule has 0 aliphatic carbocycles. The van der Waals surface area contributed by atoms with Gasteiger partial charge in [-0.15, -0.1) is 0 Å². The number of ether oxygens (including phenoxy) is 1. The molecule has 9 nitrogen and oxygen atoms in total. The SMILES string of the molecule is C1CCOC1.CC(C)N(C(C)C)[C@H]([N-]c1cccc[nH+]1)c1cc(C(C)(C)C)cc(C(C)(C)C)c1[O-].CC(C)[NH+](C(C)C)[C@H]([N-]c1ccccn1)c1cc(C(C)(C)C)cc(C(C)(C)C)c1[O-].[Li+].[Yb+3].